The number of benzene rings is 1. The van der Waals surface area contributed by atoms with Gasteiger partial charge < -0.3 is 14.4 Å². The molecule has 1 aromatic heterocycles. The minimum atomic E-state index is 0.191. The Bertz CT molecular complexity index is 907. The van der Waals surface area contributed by atoms with Crippen LogP contribution in [0.2, 0.25) is 0 Å². The zero-order valence-corrected chi connectivity index (χ0v) is 17.0. The van der Waals surface area contributed by atoms with E-state index in [1.165, 1.54) is 9.75 Å². The second kappa shape index (κ2) is 8.28. The van der Waals surface area contributed by atoms with E-state index in [4.69, 9.17) is 15.9 Å². The zero-order valence-electron chi connectivity index (χ0n) is 16.2. The van der Waals surface area contributed by atoms with E-state index in [2.05, 4.69) is 31.0 Å². The number of nitrogens with zero attached hydrogens (tertiary/aromatic N) is 1. The lowest BCUT2D eigenvalue weighted by Crippen LogP contribution is -2.39. The molecule has 1 fully saturated rings. The van der Waals surface area contributed by atoms with Crippen molar-refractivity contribution in [2.45, 2.75) is 39.2 Å². The first-order chi connectivity index (χ1) is 13.7. The van der Waals surface area contributed by atoms with Crippen LogP contribution in [0.1, 0.15) is 36.1 Å². The van der Waals surface area contributed by atoms with Gasteiger partial charge in [0.15, 0.2) is 11.5 Å². The Kier molecular flexibility index (Phi) is 5.59. The second-order valence-corrected chi connectivity index (χ2v) is 8.70. The maximum Gasteiger partial charge on any atom is 0.226 e. The van der Waals surface area contributed by atoms with Crippen molar-refractivity contribution >= 4 is 17.2 Å². The van der Waals surface area contributed by atoms with E-state index in [1.807, 2.05) is 11.0 Å². The molecule has 1 saturated carbocycles. The number of rotatable bonds is 5. The van der Waals surface area contributed by atoms with Crippen LogP contribution in [0.4, 0.5) is 0 Å². The summed E-state index contributed by atoms with van der Waals surface area (Å²) in [4.78, 5) is 17.2. The van der Waals surface area contributed by atoms with Crippen LogP contribution < -0.4 is 9.47 Å². The van der Waals surface area contributed by atoms with Crippen molar-refractivity contribution in [3.63, 3.8) is 0 Å². The molecule has 1 amide bonds. The molecule has 0 bridgehead atoms. The largest absolute Gasteiger partial charge is 0.489 e. The van der Waals surface area contributed by atoms with Crippen molar-refractivity contribution < 1.29 is 14.3 Å². The zero-order chi connectivity index (χ0) is 19.5. The lowest BCUT2D eigenvalue weighted by Gasteiger charge is -2.30. The van der Waals surface area contributed by atoms with Crippen molar-refractivity contribution in [1.29, 1.82) is 0 Å². The minimum absolute atomic E-state index is 0.191. The molecule has 0 saturated heterocycles. The fourth-order valence-corrected chi connectivity index (χ4v) is 4.50. The summed E-state index contributed by atoms with van der Waals surface area (Å²) in [6.07, 6.45) is 9.10. The molecule has 0 radical (unpaired) electrons. The number of amides is 1. The third-order valence-corrected chi connectivity index (χ3v) is 6.45. The summed E-state index contributed by atoms with van der Waals surface area (Å²) < 4.78 is 12.0. The summed E-state index contributed by atoms with van der Waals surface area (Å²) in [7, 11) is 0. The van der Waals surface area contributed by atoms with Crippen molar-refractivity contribution in [3.8, 4) is 34.3 Å². The van der Waals surface area contributed by atoms with Gasteiger partial charge in [-0.3, -0.25) is 4.79 Å². The van der Waals surface area contributed by atoms with E-state index in [9.17, 15) is 4.79 Å². The van der Waals surface area contributed by atoms with Crippen LogP contribution in [0.5, 0.6) is 11.5 Å². The van der Waals surface area contributed by atoms with E-state index >= 15 is 0 Å². The summed E-state index contributed by atoms with van der Waals surface area (Å²) in [5.41, 5.74) is 2.10. The lowest BCUT2D eigenvalue weighted by molar-refractivity contribution is -0.138. The Morgan fingerprint density at radius 2 is 2.25 bits per heavy atom. The molecule has 2 heterocycles. The number of hydrogen-bond donors (Lipinski definition) is 0. The highest BCUT2D eigenvalue weighted by Gasteiger charge is 2.31. The van der Waals surface area contributed by atoms with Crippen LogP contribution in [0.3, 0.4) is 0 Å². The maximum absolute atomic E-state index is 12.8. The van der Waals surface area contributed by atoms with Crippen LogP contribution in [0, 0.1) is 25.2 Å². The fourth-order valence-electron chi connectivity index (χ4n) is 3.64. The normalized spacial score (nSPS) is 16.4. The van der Waals surface area contributed by atoms with E-state index < -0.39 is 0 Å². The molecule has 0 unspecified atom stereocenters. The number of carbonyl (C=O) groups is 1. The lowest BCUT2D eigenvalue weighted by atomic mass is 9.84. The molecule has 4 nitrogen and oxygen atoms in total. The molecule has 28 heavy (non-hydrogen) atoms. The number of aryl methyl sites for hydroxylation is 1. The van der Waals surface area contributed by atoms with Gasteiger partial charge in [-0.1, -0.05) is 6.42 Å². The Morgan fingerprint density at radius 1 is 1.39 bits per heavy atom. The first kappa shape index (κ1) is 18.9. The Balaban J connectivity index is 1.68. The minimum Gasteiger partial charge on any atom is -0.489 e. The van der Waals surface area contributed by atoms with Gasteiger partial charge in [0.2, 0.25) is 5.91 Å². The third kappa shape index (κ3) is 3.88. The van der Waals surface area contributed by atoms with Crippen LogP contribution in [-0.2, 0) is 11.3 Å². The van der Waals surface area contributed by atoms with Gasteiger partial charge in [-0.05, 0) is 49.6 Å². The van der Waals surface area contributed by atoms with Gasteiger partial charge in [-0.15, -0.1) is 23.7 Å². The first-order valence-corrected chi connectivity index (χ1v) is 10.7. The smallest absolute Gasteiger partial charge is 0.226 e. The summed E-state index contributed by atoms with van der Waals surface area (Å²) in [6, 6.07) is 8.42. The molecular weight excluding hydrogens is 370 g/mol. The molecule has 0 spiro atoms. The van der Waals surface area contributed by atoms with Crippen LogP contribution in [0.25, 0.3) is 10.4 Å². The van der Waals surface area contributed by atoms with E-state index in [1.54, 1.807) is 11.3 Å². The highest BCUT2D eigenvalue weighted by atomic mass is 32.1. The predicted octanol–water partition coefficient (Wildman–Crippen LogP) is 4.65. The molecular formula is C23H25NO3S. The summed E-state index contributed by atoms with van der Waals surface area (Å²) >= 11 is 1.75. The van der Waals surface area contributed by atoms with E-state index in [-0.39, 0.29) is 11.8 Å². The number of carbonyl (C=O) groups excluding carboxylic acids is 1. The second-order valence-electron chi connectivity index (χ2n) is 7.41. The van der Waals surface area contributed by atoms with Gasteiger partial charge in [-0.2, -0.15) is 0 Å². The average Bonchev–Trinajstić information content (AvgIpc) is 2.95. The third-order valence-electron chi connectivity index (χ3n) is 5.40. The van der Waals surface area contributed by atoms with Gasteiger partial charge in [0, 0.05) is 34.2 Å². The number of thiophene rings is 1. The predicted molar refractivity (Wildman–Crippen MR) is 112 cm³/mol. The Labute approximate surface area is 170 Å². The summed E-state index contributed by atoms with van der Waals surface area (Å²) in [6.45, 7) is 4.21. The highest BCUT2D eigenvalue weighted by molar-refractivity contribution is 7.15. The summed E-state index contributed by atoms with van der Waals surface area (Å²) in [5.74, 6) is 4.52. The molecule has 1 aromatic carbocycles. The van der Waals surface area contributed by atoms with E-state index in [0.717, 1.165) is 36.1 Å². The number of fused-ring (bicyclic) bond motifs is 1. The van der Waals surface area contributed by atoms with Gasteiger partial charge in [-0.25, -0.2) is 0 Å². The molecule has 146 valence electrons. The van der Waals surface area contributed by atoms with Crippen molar-refractivity contribution in [1.82, 2.24) is 4.90 Å². The quantitative estimate of drug-likeness (QED) is 0.547. The standard InChI is InChI=1S/C23H25NO3S/c1-3-4-11-26-20-14-18(21-9-8-16(2)28-21)13-19-15-24(10-12-27-22(19)20)23(25)17-6-5-7-17/h1,8-9,13-14,17H,4-7,10-12,15H2,2H3. The Morgan fingerprint density at radius 3 is 2.93 bits per heavy atom. The van der Waals surface area contributed by atoms with Crippen molar-refractivity contribution in [3.05, 3.63) is 34.7 Å². The van der Waals surface area contributed by atoms with Crippen LogP contribution >= 0.6 is 11.3 Å². The maximum atomic E-state index is 12.8. The van der Waals surface area contributed by atoms with Crippen molar-refractivity contribution in [2.75, 3.05) is 19.8 Å². The average molecular weight is 396 g/mol. The van der Waals surface area contributed by atoms with Crippen LogP contribution in [0.15, 0.2) is 24.3 Å². The SMILES string of the molecule is C#CCCOc1cc(-c2ccc(C)s2)cc2c1OCCN(C(=O)C1CCC1)C2. The molecule has 4 rings (SSSR count). The molecule has 1 aliphatic heterocycles. The first-order valence-electron chi connectivity index (χ1n) is 9.87. The van der Waals surface area contributed by atoms with Gasteiger partial charge in [0.1, 0.15) is 6.61 Å². The molecule has 5 heteroatoms. The topological polar surface area (TPSA) is 38.8 Å². The van der Waals surface area contributed by atoms with E-state index in [0.29, 0.717) is 38.5 Å². The van der Waals surface area contributed by atoms with Gasteiger partial charge in [0.05, 0.1) is 13.2 Å². The molecule has 0 atom stereocenters. The molecule has 2 aliphatic rings. The van der Waals surface area contributed by atoms with Gasteiger partial charge in [0.25, 0.3) is 0 Å². The highest BCUT2D eigenvalue weighted by Crippen LogP contribution is 2.41. The van der Waals surface area contributed by atoms with Crippen LogP contribution in [-0.4, -0.2) is 30.6 Å². The Hall–Kier alpha value is -2.45. The molecule has 0 N–H and O–H groups in total. The number of terminal acetylenes is 1. The monoisotopic (exact) mass is 395 g/mol. The number of hydrogen-bond acceptors (Lipinski definition) is 4. The number of ether oxygens (including phenoxy) is 2. The van der Waals surface area contributed by atoms with Gasteiger partial charge >= 0.3 is 0 Å². The molecule has 1 aliphatic carbocycles. The molecule has 2 aromatic rings. The summed E-state index contributed by atoms with van der Waals surface area (Å²) in [5, 5.41) is 0. The fraction of sp³-hybridized carbons (Fsp3) is 0.435. The van der Waals surface area contributed by atoms with Crippen molar-refractivity contribution in [2.24, 2.45) is 5.92 Å².